The van der Waals surface area contributed by atoms with Gasteiger partial charge in [0, 0.05) is 11.1 Å². The number of alkyl halides is 1. The van der Waals surface area contributed by atoms with Gasteiger partial charge in [0.05, 0.1) is 25.9 Å². The zero-order chi connectivity index (χ0) is 19.7. The van der Waals surface area contributed by atoms with Gasteiger partial charge in [0.25, 0.3) is 5.91 Å². The summed E-state index contributed by atoms with van der Waals surface area (Å²) in [7, 11) is 0. The maximum absolute atomic E-state index is 11.8. The summed E-state index contributed by atoms with van der Waals surface area (Å²) in [5.41, 5.74) is 2.02. The molecule has 1 aliphatic heterocycles. The van der Waals surface area contributed by atoms with E-state index in [9.17, 15) is 14.7 Å². The molecule has 1 fully saturated rings. The molecule has 0 unspecified atom stereocenters. The Bertz CT molecular complexity index is 411. The van der Waals surface area contributed by atoms with Gasteiger partial charge in [0.1, 0.15) is 5.88 Å². The second-order valence-electron chi connectivity index (χ2n) is 7.17. The largest absolute Gasteiger partial charge is 0.465 e. The van der Waals surface area contributed by atoms with E-state index in [1.165, 1.54) is 0 Å². The molecule has 0 bridgehead atoms. The molecule has 7 nitrogen and oxygen atoms in total. The molecule has 0 saturated carbocycles. The zero-order valence-corrected chi connectivity index (χ0v) is 17.0. The first-order chi connectivity index (χ1) is 11.5. The molecule has 2 N–H and O–H groups in total. The fraction of sp³-hybridized carbons (Fsp3) is 0.882. The lowest BCUT2D eigenvalue weighted by Crippen LogP contribution is -2.63. The Hall–Kier alpha value is -0.890. The van der Waals surface area contributed by atoms with E-state index >= 15 is 0 Å². The average molecular weight is 381 g/mol. The number of carbonyl (C=O) groups excluding carboxylic acids is 2. The van der Waals surface area contributed by atoms with E-state index in [2.05, 4.69) is 42.8 Å². The maximum atomic E-state index is 11.8. The summed E-state index contributed by atoms with van der Waals surface area (Å²) in [5, 5.41) is 9.92. The smallest absolute Gasteiger partial charge is 0.320 e. The Balaban J connectivity index is 0.000000697. The molecule has 8 heteroatoms. The molecule has 1 heterocycles. The van der Waals surface area contributed by atoms with E-state index in [0.717, 1.165) is 0 Å². The van der Waals surface area contributed by atoms with Crippen LogP contribution in [0.5, 0.6) is 0 Å². The molecule has 0 spiro atoms. The predicted molar refractivity (Wildman–Crippen MR) is 97.2 cm³/mol. The van der Waals surface area contributed by atoms with Crippen molar-refractivity contribution in [1.82, 2.24) is 10.4 Å². The van der Waals surface area contributed by atoms with Crippen LogP contribution in [0.25, 0.3) is 0 Å². The van der Waals surface area contributed by atoms with Crippen LogP contribution in [-0.4, -0.2) is 64.7 Å². The fourth-order valence-corrected chi connectivity index (χ4v) is 3.30. The van der Waals surface area contributed by atoms with Crippen molar-refractivity contribution in [2.24, 2.45) is 0 Å². The second kappa shape index (κ2) is 11.0. The number of nitrogens with zero attached hydrogens (tertiary/aromatic N) is 1. The minimum atomic E-state index is -0.357. The zero-order valence-electron chi connectivity index (χ0n) is 16.2. The number of likely N-dealkylation sites (tertiary alicyclic amines) is 1. The molecule has 0 aliphatic carbocycles. The van der Waals surface area contributed by atoms with Gasteiger partial charge in [-0.2, -0.15) is 0 Å². The highest BCUT2D eigenvalue weighted by molar-refractivity contribution is 6.26. The summed E-state index contributed by atoms with van der Waals surface area (Å²) in [6, 6.07) is 0. The van der Waals surface area contributed by atoms with Crippen LogP contribution >= 0.6 is 11.6 Å². The van der Waals surface area contributed by atoms with Crippen LogP contribution in [0.3, 0.4) is 0 Å². The number of piperidine rings is 1. The number of carbonyl (C=O) groups is 2. The second-order valence-corrected chi connectivity index (χ2v) is 7.44. The molecule has 1 aliphatic rings. The van der Waals surface area contributed by atoms with Gasteiger partial charge in [-0.3, -0.25) is 19.3 Å². The Labute approximate surface area is 155 Å². The molecule has 1 saturated heterocycles. The quantitative estimate of drug-likeness (QED) is 0.415. The third kappa shape index (κ3) is 8.85. The summed E-state index contributed by atoms with van der Waals surface area (Å²) in [6.07, 6.45) is 1.05. The van der Waals surface area contributed by atoms with Crippen molar-refractivity contribution >= 4 is 23.5 Å². The molecule has 0 aromatic rings. The molecule has 1 amide bonds. The third-order valence-corrected chi connectivity index (χ3v) is 4.20. The standard InChI is InChI=1S/C13H26N2O3.C4H7ClO2/c1-6-18-14-11(17)9-15-12(2,3)7-10(16)8-13(15,4)5;1-2-7-4(6)3-5/h10,16H,6-9H2,1-5H3,(H,14,17);2-3H2,1H3. The number of hydroxylamine groups is 1. The minimum Gasteiger partial charge on any atom is -0.465 e. The van der Waals surface area contributed by atoms with Gasteiger partial charge in [-0.25, -0.2) is 5.48 Å². The van der Waals surface area contributed by atoms with Crippen molar-refractivity contribution in [3.8, 4) is 0 Å². The number of aliphatic hydroxyl groups is 1. The molecule has 0 aromatic carbocycles. The maximum Gasteiger partial charge on any atom is 0.320 e. The van der Waals surface area contributed by atoms with Gasteiger partial charge in [-0.1, -0.05) is 0 Å². The number of rotatable bonds is 6. The topological polar surface area (TPSA) is 88.1 Å². The van der Waals surface area contributed by atoms with Crippen LogP contribution < -0.4 is 5.48 Å². The minimum absolute atomic E-state index is 0.0478. The SMILES string of the molecule is CCOC(=O)CCl.CCONC(=O)CN1C(C)(C)CC(O)CC1(C)C. The van der Waals surface area contributed by atoms with Crippen LogP contribution in [0.1, 0.15) is 54.4 Å². The van der Waals surface area contributed by atoms with Gasteiger partial charge in [-0.15, -0.1) is 11.6 Å². The van der Waals surface area contributed by atoms with Crippen molar-refractivity contribution in [2.75, 3.05) is 25.6 Å². The van der Waals surface area contributed by atoms with Crippen molar-refractivity contribution in [3.05, 3.63) is 0 Å². The monoisotopic (exact) mass is 380 g/mol. The summed E-state index contributed by atoms with van der Waals surface area (Å²) in [5.74, 6) is -0.549. The predicted octanol–water partition coefficient (Wildman–Crippen LogP) is 1.86. The third-order valence-electron chi connectivity index (χ3n) is 3.98. The number of nitrogens with one attached hydrogen (secondary N) is 1. The summed E-state index contributed by atoms with van der Waals surface area (Å²) in [6.45, 7) is 13.0. The highest BCUT2D eigenvalue weighted by atomic mass is 35.5. The van der Waals surface area contributed by atoms with E-state index in [1.807, 2.05) is 6.92 Å². The first-order valence-electron chi connectivity index (χ1n) is 8.58. The molecule has 0 radical (unpaired) electrons. The van der Waals surface area contributed by atoms with Crippen LogP contribution in [0.2, 0.25) is 0 Å². The lowest BCUT2D eigenvalue weighted by Gasteiger charge is -2.54. The number of halogens is 1. The van der Waals surface area contributed by atoms with E-state index in [0.29, 0.717) is 26.1 Å². The average Bonchev–Trinajstić information content (AvgIpc) is 2.48. The van der Waals surface area contributed by atoms with E-state index in [4.69, 9.17) is 16.4 Å². The number of esters is 1. The van der Waals surface area contributed by atoms with E-state index in [1.54, 1.807) is 6.92 Å². The number of ether oxygens (including phenoxy) is 1. The van der Waals surface area contributed by atoms with Crippen molar-refractivity contribution in [2.45, 2.75) is 71.6 Å². The Kier molecular flexibility index (Phi) is 10.6. The lowest BCUT2D eigenvalue weighted by molar-refractivity contribution is -0.143. The van der Waals surface area contributed by atoms with Crippen molar-refractivity contribution < 1.29 is 24.3 Å². The highest BCUT2D eigenvalue weighted by Gasteiger charge is 2.45. The van der Waals surface area contributed by atoms with E-state index < -0.39 is 0 Å². The molecular weight excluding hydrogens is 348 g/mol. The lowest BCUT2D eigenvalue weighted by atomic mass is 9.78. The molecule has 0 atom stereocenters. The molecule has 0 aromatic heterocycles. The highest BCUT2D eigenvalue weighted by Crippen LogP contribution is 2.37. The number of aliphatic hydroxyl groups excluding tert-OH is 1. The number of amides is 1. The molecular formula is C17H33ClN2O5. The Morgan fingerprint density at radius 3 is 2.04 bits per heavy atom. The van der Waals surface area contributed by atoms with Gasteiger partial charge in [0.2, 0.25) is 0 Å². The molecule has 25 heavy (non-hydrogen) atoms. The summed E-state index contributed by atoms with van der Waals surface area (Å²) < 4.78 is 4.42. The molecule has 148 valence electrons. The normalized spacial score (nSPS) is 19.5. The van der Waals surface area contributed by atoms with Crippen LogP contribution in [0.15, 0.2) is 0 Å². The van der Waals surface area contributed by atoms with Crippen molar-refractivity contribution in [3.63, 3.8) is 0 Å². The van der Waals surface area contributed by atoms with Gasteiger partial charge in [0.15, 0.2) is 0 Å². The fourth-order valence-electron chi connectivity index (χ4n) is 3.22. The van der Waals surface area contributed by atoms with Crippen LogP contribution in [0.4, 0.5) is 0 Å². The summed E-state index contributed by atoms with van der Waals surface area (Å²) >= 11 is 5.06. The first-order valence-corrected chi connectivity index (χ1v) is 9.11. The number of hydrogen-bond donors (Lipinski definition) is 2. The summed E-state index contributed by atoms with van der Waals surface area (Å²) in [4.78, 5) is 28.9. The Morgan fingerprint density at radius 2 is 1.68 bits per heavy atom. The van der Waals surface area contributed by atoms with Crippen LogP contribution in [0, 0.1) is 0 Å². The van der Waals surface area contributed by atoms with E-state index in [-0.39, 0.29) is 41.5 Å². The molecule has 1 rings (SSSR count). The van der Waals surface area contributed by atoms with Gasteiger partial charge < -0.3 is 9.84 Å². The number of hydrogen-bond acceptors (Lipinski definition) is 6. The van der Waals surface area contributed by atoms with Crippen molar-refractivity contribution in [1.29, 1.82) is 0 Å². The Morgan fingerprint density at radius 1 is 1.16 bits per heavy atom. The first kappa shape index (κ1) is 24.1. The van der Waals surface area contributed by atoms with Gasteiger partial charge >= 0.3 is 5.97 Å². The van der Waals surface area contributed by atoms with Crippen LogP contribution in [-0.2, 0) is 19.2 Å². The van der Waals surface area contributed by atoms with Gasteiger partial charge in [-0.05, 0) is 54.4 Å².